The first-order chi connectivity index (χ1) is 12.0. The molecule has 1 aliphatic heterocycles. The first-order valence-electron chi connectivity index (χ1n) is 8.35. The molecule has 2 aromatic carbocycles. The minimum atomic E-state index is 0.484. The normalized spacial score (nSPS) is 16.3. The maximum atomic E-state index is 6.23. The van der Waals surface area contributed by atoms with Gasteiger partial charge in [-0.25, -0.2) is 0 Å². The minimum Gasteiger partial charge on any atom is -0.310 e. The van der Waals surface area contributed by atoms with Gasteiger partial charge < -0.3 is 5.32 Å². The van der Waals surface area contributed by atoms with E-state index in [9.17, 15) is 0 Å². The van der Waals surface area contributed by atoms with Gasteiger partial charge in [0.05, 0.1) is 10.0 Å². The zero-order chi connectivity index (χ0) is 17.8. The molecule has 6 heteroatoms. The summed E-state index contributed by atoms with van der Waals surface area (Å²) in [5.74, 6) is 0. The Morgan fingerprint density at radius 2 is 1.56 bits per heavy atom. The van der Waals surface area contributed by atoms with Crippen LogP contribution in [0.4, 0.5) is 0 Å². The summed E-state index contributed by atoms with van der Waals surface area (Å²) in [6.45, 7) is 3.71. The van der Waals surface area contributed by atoms with Gasteiger partial charge >= 0.3 is 0 Å². The highest BCUT2D eigenvalue weighted by Gasteiger charge is 2.19. The van der Waals surface area contributed by atoms with Gasteiger partial charge in [0, 0.05) is 34.7 Å². The Morgan fingerprint density at radius 3 is 2.20 bits per heavy atom. The van der Waals surface area contributed by atoms with Crippen LogP contribution in [0.1, 0.15) is 24.0 Å². The van der Waals surface area contributed by atoms with Gasteiger partial charge in [-0.05, 0) is 55.8 Å². The fourth-order valence-electron chi connectivity index (χ4n) is 3.14. The quantitative estimate of drug-likeness (QED) is 0.636. The Kier molecular flexibility index (Phi) is 6.90. The highest BCUT2D eigenvalue weighted by atomic mass is 35.5. The predicted molar refractivity (Wildman–Crippen MR) is 108 cm³/mol. The highest BCUT2D eigenvalue weighted by Crippen LogP contribution is 2.26. The van der Waals surface area contributed by atoms with E-state index in [1.54, 1.807) is 0 Å². The molecule has 0 aliphatic carbocycles. The van der Waals surface area contributed by atoms with Crippen LogP contribution in [0.5, 0.6) is 0 Å². The molecule has 1 heterocycles. The summed E-state index contributed by atoms with van der Waals surface area (Å²) in [6, 6.07) is 12.0. The molecule has 2 aromatic rings. The number of piperidine rings is 1. The van der Waals surface area contributed by atoms with Crippen molar-refractivity contribution in [2.24, 2.45) is 0 Å². The van der Waals surface area contributed by atoms with E-state index in [1.165, 1.54) is 5.56 Å². The van der Waals surface area contributed by atoms with Crippen LogP contribution in [-0.4, -0.2) is 24.0 Å². The Hall–Kier alpha value is -0.480. The summed E-state index contributed by atoms with van der Waals surface area (Å²) in [7, 11) is 0. The first kappa shape index (κ1) is 19.3. The van der Waals surface area contributed by atoms with Crippen molar-refractivity contribution in [3.63, 3.8) is 0 Å². The van der Waals surface area contributed by atoms with Gasteiger partial charge in [-0.3, -0.25) is 4.90 Å². The van der Waals surface area contributed by atoms with Crippen molar-refractivity contribution in [1.29, 1.82) is 0 Å². The highest BCUT2D eigenvalue weighted by molar-refractivity contribution is 6.42. The van der Waals surface area contributed by atoms with Gasteiger partial charge in [0.2, 0.25) is 0 Å². The minimum absolute atomic E-state index is 0.484. The van der Waals surface area contributed by atoms with Crippen molar-refractivity contribution >= 4 is 46.4 Å². The van der Waals surface area contributed by atoms with E-state index in [0.717, 1.165) is 48.1 Å². The number of halogens is 4. The lowest BCUT2D eigenvalue weighted by atomic mass is 10.0. The summed E-state index contributed by atoms with van der Waals surface area (Å²) >= 11 is 24.5. The second-order valence-corrected chi connectivity index (χ2v) is 8.01. The van der Waals surface area contributed by atoms with Crippen LogP contribution in [0.2, 0.25) is 20.1 Å². The molecule has 1 fully saturated rings. The lowest BCUT2D eigenvalue weighted by Gasteiger charge is -2.32. The van der Waals surface area contributed by atoms with Crippen molar-refractivity contribution in [2.45, 2.75) is 32.0 Å². The molecule has 0 bridgehead atoms. The van der Waals surface area contributed by atoms with Crippen molar-refractivity contribution in [3.8, 4) is 0 Å². The molecule has 0 radical (unpaired) electrons. The van der Waals surface area contributed by atoms with E-state index in [2.05, 4.69) is 10.2 Å². The van der Waals surface area contributed by atoms with E-state index in [4.69, 9.17) is 46.4 Å². The molecule has 0 atom stereocenters. The Morgan fingerprint density at radius 1 is 0.880 bits per heavy atom. The van der Waals surface area contributed by atoms with Crippen molar-refractivity contribution in [3.05, 3.63) is 67.6 Å². The lowest BCUT2D eigenvalue weighted by Crippen LogP contribution is -2.41. The third-order valence-corrected chi connectivity index (χ3v) is 6.05. The number of hydrogen-bond donors (Lipinski definition) is 1. The average Bonchev–Trinajstić information content (AvgIpc) is 2.59. The zero-order valence-corrected chi connectivity index (χ0v) is 16.8. The summed E-state index contributed by atoms with van der Waals surface area (Å²) in [5.41, 5.74) is 2.17. The van der Waals surface area contributed by atoms with Gasteiger partial charge in [0.25, 0.3) is 0 Å². The molecule has 1 N–H and O–H groups in total. The first-order valence-corrected chi connectivity index (χ1v) is 9.86. The monoisotopic (exact) mass is 416 g/mol. The molecule has 3 rings (SSSR count). The maximum Gasteiger partial charge on any atom is 0.0595 e. The Bertz CT molecular complexity index is 707. The molecule has 0 aromatic heterocycles. The van der Waals surface area contributed by atoms with Crippen LogP contribution in [0.25, 0.3) is 0 Å². The molecule has 2 nitrogen and oxygen atoms in total. The third kappa shape index (κ3) is 5.26. The molecule has 0 unspecified atom stereocenters. The van der Waals surface area contributed by atoms with E-state index in [-0.39, 0.29) is 0 Å². The number of hydrogen-bond acceptors (Lipinski definition) is 2. The van der Waals surface area contributed by atoms with Gasteiger partial charge in [-0.1, -0.05) is 58.5 Å². The predicted octanol–water partition coefficient (Wildman–Crippen LogP) is 6.05. The topological polar surface area (TPSA) is 15.3 Å². The second kappa shape index (κ2) is 8.94. The Balaban J connectivity index is 1.48. The fraction of sp³-hybridized carbons (Fsp3) is 0.368. The van der Waals surface area contributed by atoms with Gasteiger partial charge in [-0.2, -0.15) is 0 Å². The van der Waals surface area contributed by atoms with E-state index in [1.807, 2.05) is 36.4 Å². The largest absolute Gasteiger partial charge is 0.310 e. The van der Waals surface area contributed by atoms with Crippen LogP contribution in [0, 0.1) is 0 Å². The molecule has 0 amide bonds. The van der Waals surface area contributed by atoms with Gasteiger partial charge in [0.15, 0.2) is 0 Å². The fourth-order valence-corrected chi connectivity index (χ4v) is 3.99. The number of nitrogens with one attached hydrogen (secondary N) is 1. The van der Waals surface area contributed by atoms with Crippen LogP contribution >= 0.6 is 46.4 Å². The summed E-state index contributed by atoms with van der Waals surface area (Å²) in [4.78, 5) is 2.44. The smallest absolute Gasteiger partial charge is 0.0595 e. The Labute approximate surface area is 169 Å². The SMILES string of the molecule is Clc1ccc(CN2CCC(NCc3c(Cl)cccc3Cl)CC2)cc1Cl. The van der Waals surface area contributed by atoms with Crippen molar-refractivity contribution < 1.29 is 0 Å². The molecular weight excluding hydrogens is 398 g/mol. The second-order valence-electron chi connectivity index (χ2n) is 6.38. The number of likely N-dealkylation sites (tertiary alicyclic amines) is 1. The van der Waals surface area contributed by atoms with Crippen molar-refractivity contribution in [1.82, 2.24) is 10.2 Å². The average molecular weight is 418 g/mol. The molecule has 25 heavy (non-hydrogen) atoms. The van der Waals surface area contributed by atoms with Crippen LogP contribution < -0.4 is 5.32 Å². The van der Waals surface area contributed by atoms with E-state index < -0.39 is 0 Å². The van der Waals surface area contributed by atoms with Gasteiger partial charge in [-0.15, -0.1) is 0 Å². The standard InChI is InChI=1S/C19H20Cl4N2/c20-16-2-1-3-17(21)15(16)11-24-14-6-8-25(9-7-14)12-13-4-5-18(22)19(23)10-13/h1-5,10,14,24H,6-9,11-12H2. The molecule has 1 saturated heterocycles. The van der Waals surface area contributed by atoms with Gasteiger partial charge in [0.1, 0.15) is 0 Å². The molecular formula is C19H20Cl4N2. The third-order valence-electron chi connectivity index (χ3n) is 4.61. The van der Waals surface area contributed by atoms with Crippen LogP contribution in [0.3, 0.4) is 0 Å². The lowest BCUT2D eigenvalue weighted by molar-refractivity contribution is 0.190. The summed E-state index contributed by atoms with van der Waals surface area (Å²) < 4.78 is 0. The van der Waals surface area contributed by atoms with Crippen LogP contribution in [0.15, 0.2) is 36.4 Å². The zero-order valence-electron chi connectivity index (χ0n) is 13.7. The van der Waals surface area contributed by atoms with Crippen LogP contribution in [-0.2, 0) is 13.1 Å². The number of nitrogens with zero attached hydrogens (tertiary/aromatic N) is 1. The summed E-state index contributed by atoms with van der Waals surface area (Å²) in [5, 5.41) is 6.25. The molecule has 0 spiro atoms. The van der Waals surface area contributed by atoms with Crippen molar-refractivity contribution in [2.75, 3.05) is 13.1 Å². The number of rotatable bonds is 5. The summed E-state index contributed by atoms with van der Waals surface area (Å²) in [6.07, 6.45) is 2.20. The van der Waals surface area contributed by atoms with E-state index in [0.29, 0.717) is 22.6 Å². The molecule has 0 saturated carbocycles. The molecule has 1 aliphatic rings. The maximum absolute atomic E-state index is 6.23. The van der Waals surface area contributed by atoms with E-state index >= 15 is 0 Å². The molecule has 134 valence electrons. The number of benzene rings is 2.